The highest BCUT2D eigenvalue weighted by Gasteiger charge is 2.21. The zero-order valence-electron chi connectivity index (χ0n) is 15.2. The van der Waals surface area contributed by atoms with Crippen molar-refractivity contribution in [3.8, 4) is 0 Å². The van der Waals surface area contributed by atoms with Gasteiger partial charge in [0, 0.05) is 44.8 Å². The summed E-state index contributed by atoms with van der Waals surface area (Å²) in [7, 11) is 0. The average molecular weight is 329 g/mol. The molecule has 0 bridgehead atoms. The van der Waals surface area contributed by atoms with Gasteiger partial charge in [0.05, 0.1) is 0 Å². The van der Waals surface area contributed by atoms with Crippen LogP contribution in [0.2, 0.25) is 0 Å². The Labute approximate surface area is 146 Å². The second-order valence-corrected chi connectivity index (χ2v) is 7.41. The van der Waals surface area contributed by atoms with Crippen LogP contribution >= 0.6 is 0 Å². The number of piperidine rings is 1. The van der Waals surface area contributed by atoms with Gasteiger partial charge >= 0.3 is 0 Å². The molecule has 2 aliphatic rings. The Balaban J connectivity index is 1.55. The fourth-order valence-corrected chi connectivity index (χ4v) is 3.89. The zero-order chi connectivity index (χ0) is 16.9. The standard InChI is InChI=1S/C20H31N3O/c1-3-21-11-13-23(14-12-21)20(24)19-8-6-18(7-9-19)16-22-10-4-5-17(2)15-22/h6-9,17H,3-5,10-16H2,1-2H3/t17-/m0/s1. The largest absolute Gasteiger partial charge is 0.336 e. The van der Waals surface area contributed by atoms with Crippen molar-refractivity contribution in [3.05, 3.63) is 35.4 Å². The highest BCUT2D eigenvalue weighted by Crippen LogP contribution is 2.18. The summed E-state index contributed by atoms with van der Waals surface area (Å²) in [6, 6.07) is 8.29. The molecule has 4 heteroatoms. The molecule has 1 amide bonds. The van der Waals surface area contributed by atoms with Crippen molar-refractivity contribution < 1.29 is 4.79 Å². The summed E-state index contributed by atoms with van der Waals surface area (Å²) in [6.07, 6.45) is 2.66. The van der Waals surface area contributed by atoms with Crippen LogP contribution in [0.4, 0.5) is 0 Å². The van der Waals surface area contributed by atoms with Gasteiger partial charge in [0.15, 0.2) is 0 Å². The van der Waals surface area contributed by atoms with Crippen molar-refractivity contribution in [3.63, 3.8) is 0 Å². The Hall–Kier alpha value is -1.39. The smallest absolute Gasteiger partial charge is 0.253 e. The van der Waals surface area contributed by atoms with Crippen LogP contribution in [-0.2, 0) is 6.54 Å². The molecule has 2 saturated heterocycles. The molecule has 0 spiro atoms. The van der Waals surface area contributed by atoms with Crippen LogP contribution in [-0.4, -0.2) is 66.4 Å². The number of nitrogens with zero attached hydrogens (tertiary/aromatic N) is 3. The SMILES string of the molecule is CCN1CCN(C(=O)c2ccc(CN3CCC[C@H](C)C3)cc2)CC1. The van der Waals surface area contributed by atoms with E-state index < -0.39 is 0 Å². The summed E-state index contributed by atoms with van der Waals surface area (Å²) < 4.78 is 0. The molecule has 0 N–H and O–H groups in total. The first-order chi connectivity index (χ1) is 11.7. The molecule has 0 saturated carbocycles. The normalized spacial score (nSPS) is 23.4. The first kappa shape index (κ1) is 17.4. The Morgan fingerprint density at radius 1 is 1.04 bits per heavy atom. The number of hydrogen-bond acceptors (Lipinski definition) is 3. The van der Waals surface area contributed by atoms with E-state index in [-0.39, 0.29) is 5.91 Å². The number of likely N-dealkylation sites (tertiary alicyclic amines) is 1. The molecule has 1 atom stereocenters. The topological polar surface area (TPSA) is 26.8 Å². The molecule has 2 heterocycles. The quantitative estimate of drug-likeness (QED) is 0.850. The molecule has 4 nitrogen and oxygen atoms in total. The summed E-state index contributed by atoms with van der Waals surface area (Å²) in [4.78, 5) is 19.6. The predicted molar refractivity (Wildman–Crippen MR) is 98.1 cm³/mol. The van der Waals surface area contributed by atoms with Crippen molar-refractivity contribution in [1.82, 2.24) is 14.7 Å². The van der Waals surface area contributed by atoms with E-state index in [1.54, 1.807) is 0 Å². The molecule has 0 radical (unpaired) electrons. The fourth-order valence-electron chi connectivity index (χ4n) is 3.89. The number of piperazine rings is 1. The van der Waals surface area contributed by atoms with Gasteiger partial charge in [-0.2, -0.15) is 0 Å². The Morgan fingerprint density at radius 3 is 2.38 bits per heavy atom. The molecule has 0 unspecified atom stereocenters. The van der Waals surface area contributed by atoms with E-state index in [1.807, 2.05) is 17.0 Å². The molecule has 0 aliphatic carbocycles. The van der Waals surface area contributed by atoms with Crippen LogP contribution in [0.3, 0.4) is 0 Å². The van der Waals surface area contributed by atoms with Gasteiger partial charge in [-0.1, -0.05) is 26.0 Å². The second-order valence-electron chi connectivity index (χ2n) is 7.41. The number of likely N-dealkylation sites (N-methyl/N-ethyl adjacent to an activating group) is 1. The minimum Gasteiger partial charge on any atom is -0.336 e. The van der Waals surface area contributed by atoms with E-state index in [1.165, 1.54) is 31.5 Å². The molecule has 2 fully saturated rings. The van der Waals surface area contributed by atoms with Gasteiger partial charge in [0.1, 0.15) is 0 Å². The predicted octanol–water partition coefficient (Wildman–Crippen LogP) is 2.70. The molecule has 132 valence electrons. The Morgan fingerprint density at radius 2 is 1.75 bits per heavy atom. The van der Waals surface area contributed by atoms with Crippen LogP contribution < -0.4 is 0 Å². The first-order valence-electron chi connectivity index (χ1n) is 9.48. The number of benzene rings is 1. The number of amides is 1. The summed E-state index contributed by atoms with van der Waals surface area (Å²) >= 11 is 0. The number of carbonyl (C=O) groups excluding carboxylic acids is 1. The monoisotopic (exact) mass is 329 g/mol. The van der Waals surface area contributed by atoms with Gasteiger partial charge in [0.2, 0.25) is 0 Å². The van der Waals surface area contributed by atoms with Crippen LogP contribution in [0.15, 0.2) is 24.3 Å². The molecule has 2 aliphatic heterocycles. The molecule has 24 heavy (non-hydrogen) atoms. The maximum Gasteiger partial charge on any atom is 0.253 e. The van der Waals surface area contributed by atoms with E-state index in [0.29, 0.717) is 0 Å². The highest BCUT2D eigenvalue weighted by atomic mass is 16.2. The number of hydrogen-bond donors (Lipinski definition) is 0. The van der Waals surface area contributed by atoms with E-state index in [0.717, 1.165) is 50.7 Å². The summed E-state index contributed by atoms with van der Waals surface area (Å²) in [5.74, 6) is 0.991. The summed E-state index contributed by atoms with van der Waals surface area (Å²) in [5, 5.41) is 0. The minimum atomic E-state index is 0.184. The van der Waals surface area contributed by atoms with E-state index in [9.17, 15) is 4.79 Å². The zero-order valence-corrected chi connectivity index (χ0v) is 15.2. The first-order valence-corrected chi connectivity index (χ1v) is 9.48. The van der Waals surface area contributed by atoms with Crippen LogP contribution in [0, 0.1) is 5.92 Å². The van der Waals surface area contributed by atoms with Gasteiger partial charge in [-0.3, -0.25) is 9.69 Å². The molecule has 1 aromatic rings. The van der Waals surface area contributed by atoms with Gasteiger partial charge in [-0.25, -0.2) is 0 Å². The van der Waals surface area contributed by atoms with E-state index in [4.69, 9.17) is 0 Å². The molecule has 3 rings (SSSR count). The van der Waals surface area contributed by atoms with Crippen molar-refractivity contribution in [2.24, 2.45) is 5.92 Å². The van der Waals surface area contributed by atoms with Crippen LogP contribution in [0.1, 0.15) is 42.6 Å². The lowest BCUT2D eigenvalue weighted by Gasteiger charge is -2.34. The van der Waals surface area contributed by atoms with Crippen molar-refractivity contribution in [2.45, 2.75) is 33.2 Å². The lowest BCUT2D eigenvalue weighted by atomic mass is 9.99. The lowest BCUT2D eigenvalue weighted by Crippen LogP contribution is -2.48. The fraction of sp³-hybridized carbons (Fsp3) is 0.650. The van der Waals surface area contributed by atoms with Crippen LogP contribution in [0.25, 0.3) is 0 Å². The van der Waals surface area contributed by atoms with E-state index in [2.05, 4.69) is 35.8 Å². The van der Waals surface area contributed by atoms with Crippen molar-refractivity contribution >= 4 is 5.91 Å². The van der Waals surface area contributed by atoms with Gasteiger partial charge in [0.25, 0.3) is 5.91 Å². The van der Waals surface area contributed by atoms with Crippen molar-refractivity contribution in [1.29, 1.82) is 0 Å². The molecular weight excluding hydrogens is 298 g/mol. The molecular formula is C20H31N3O. The number of rotatable bonds is 4. The molecule has 1 aromatic carbocycles. The third kappa shape index (κ3) is 4.37. The van der Waals surface area contributed by atoms with Gasteiger partial charge in [-0.05, 0) is 49.5 Å². The van der Waals surface area contributed by atoms with Crippen molar-refractivity contribution in [2.75, 3.05) is 45.8 Å². The number of carbonyl (C=O) groups is 1. The summed E-state index contributed by atoms with van der Waals surface area (Å²) in [5.41, 5.74) is 2.15. The summed E-state index contributed by atoms with van der Waals surface area (Å²) in [6.45, 7) is 12.7. The van der Waals surface area contributed by atoms with Crippen LogP contribution in [0.5, 0.6) is 0 Å². The highest BCUT2D eigenvalue weighted by molar-refractivity contribution is 5.94. The second kappa shape index (κ2) is 8.13. The minimum absolute atomic E-state index is 0.184. The third-order valence-electron chi connectivity index (χ3n) is 5.45. The Bertz CT molecular complexity index is 534. The van der Waals surface area contributed by atoms with Gasteiger partial charge < -0.3 is 9.80 Å². The lowest BCUT2D eigenvalue weighted by molar-refractivity contribution is 0.0643. The van der Waals surface area contributed by atoms with E-state index >= 15 is 0 Å². The molecule has 0 aromatic heterocycles. The maximum atomic E-state index is 12.6. The Kier molecular flexibility index (Phi) is 5.90. The van der Waals surface area contributed by atoms with Gasteiger partial charge in [-0.15, -0.1) is 0 Å². The third-order valence-corrected chi connectivity index (χ3v) is 5.45. The maximum absolute atomic E-state index is 12.6. The average Bonchev–Trinajstić information content (AvgIpc) is 2.62.